The molecule has 82 valence electrons. The maximum Gasteiger partial charge on any atom is 0.0541 e. The van der Waals surface area contributed by atoms with Gasteiger partial charge in [0, 0.05) is 5.92 Å². The fourth-order valence-electron chi connectivity index (χ4n) is 1.85. The first-order chi connectivity index (χ1) is 7.29. The number of unbranched alkanes of at least 4 members (excludes halogenated alkanes) is 1. The van der Waals surface area contributed by atoms with Crippen LogP contribution in [0.3, 0.4) is 0 Å². The molecule has 1 rings (SSSR count). The van der Waals surface area contributed by atoms with Crippen molar-refractivity contribution in [1.82, 2.24) is 5.32 Å². The molecule has 0 aromatic carbocycles. The molecular weight excluding hydrogens is 182 g/mol. The largest absolute Gasteiger partial charge is 0.384 e. The number of nitrogens with one attached hydrogen (secondary N) is 1. The van der Waals surface area contributed by atoms with Crippen molar-refractivity contribution in [2.24, 2.45) is 5.92 Å². The summed E-state index contributed by atoms with van der Waals surface area (Å²) in [5.41, 5.74) is 1.44. The maximum absolute atomic E-state index is 3.72. The third kappa shape index (κ3) is 3.43. The van der Waals surface area contributed by atoms with Crippen LogP contribution in [-0.4, -0.2) is 6.04 Å². The lowest BCUT2D eigenvalue weighted by atomic mass is 9.88. The van der Waals surface area contributed by atoms with E-state index in [2.05, 4.69) is 56.1 Å². The van der Waals surface area contributed by atoms with Crippen LogP contribution in [0.5, 0.6) is 0 Å². The molecule has 0 spiro atoms. The topological polar surface area (TPSA) is 12.0 Å². The normalized spacial score (nSPS) is 25.3. The van der Waals surface area contributed by atoms with E-state index >= 15 is 0 Å². The van der Waals surface area contributed by atoms with Gasteiger partial charge in [-0.2, -0.15) is 0 Å². The molecule has 2 atom stereocenters. The van der Waals surface area contributed by atoms with Crippen LogP contribution < -0.4 is 5.32 Å². The molecule has 1 aliphatic rings. The molecule has 0 aliphatic heterocycles. The fraction of sp³-hybridized carbons (Fsp3) is 0.429. The van der Waals surface area contributed by atoms with E-state index in [9.17, 15) is 0 Å². The van der Waals surface area contributed by atoms with Crippen LogP contribution in [-0.2, 0) is 0 Å². The second-order valence-corrected chi connectivity index (χ2v) is 3.93. The zero-order valence-corrected chi connectivity index (χ0v) is 9.74. The first kappa shape index (κ1) is 11.8. The number of hydrogen-bond acceptors (Lipinski definition) is 1. The zero-order valence-electron chi connectivity index (χ0n) is 9.74. The Morgan fingerprint density at radius 2 is 2.13 bits per heavy atom. The summed E-state index contributed by atoms with van der Waals surface area (Å²) in [6.07, 6.45) is 15.1. The second-order valence-electron chi connectivity index (χ2n) is 3.93. The number of allylic oxidation sites excluding steroid dienone is 3. The van der Waals surface area contributed by atoms with Crippen LogP contribution in [0.1, 0.15) is 26.7 Å². The highest BCUT2D eigenvalue weighted by molar-refractivity contribution is 5.26. The van der Waals surface area contributed by atoms with E-state index in [0.29, 0.717) is 12.0 Å². The van der Waals surface area contributed by atoms with Crippen LogP contribution in [0, 0.1) is 5.92 Å². The lowest BCUT2D eigenvalue weighted by Crippen LogP contribution is -2.31. The summed E-state index contributed by atoms with van der Waals surface area (Å²) >= 11 is 0. The van der Waals surface area contributed by atoms with Crippen LogP contribution in [0.15, 0.2) is 48.7 Å². The highest BCUT2D eigenvalue weighted by Crippen LogP contribution is 2.21. The van der Waals surface area contributed by atoms with Crippen molar-refractivity contribution < 1.29 is 0 Å². The summed E-state index contributed by atoms with van der Waals surface area (Å²) in [5.74, 6) is 0.472. The molecule has 15 heavy (non-hydrogen) atoms. The van der Waals surface area contributed by atoms with E-state index in [1.54, 1.807) is 6.20 Å². The van der Waals surface area contributed by atoms with Gasteiger partial charge in [0.1, 0.15) is 0 Å². The highest BCUT2D eigenvalue weighted by Gasteiger charge is 2.18. The first-order valence-corrected chi connectivity index (χ1v) is 5.68. The monoisotopic (exact) mass is 203 g/mol. The van der Waals surface area contributed by atoms with Gasteiger partial charge >= 0.3 is 0 Å². The minimum Gasteiger partial charge on any atom is -0.384 e. The van der Waals surface area contributed by atoms with Crippen molar-refractivity contribution in [2.45, 2.75) is 32.7 Å². The molecule has 0 heterocycles. The molecule has 0 fully saturated rings. The Balaban J connectivity index is 2.68. The van der Waals surface area contributed by atoms with E-state index in [-0.39, 0.29) is 0 Å². The van der Waals surface area contributed by atoms with Crippen molar-refractivity contribution in [3.63, 3.8) is 0 Å². The van der Waals surface area contributed by atoms with Crippen LogP contribution in [0.2, 0.25) is 0 Å². The Hall–Kier alpha value is -1.24. The van der Waals surface area contributed by atoms with Gasteiger partial charge in [-0.3, -0.25) is 0 Å². The molecule has 1 N–H and O–H groups in total. The van der Waals surface area contributed by atoms with Gasteiger partial charge in [0.05, 0.1) is 6.04 Å². The minimum atomic E-state index is 0.362. The predicted octanol–water partition coefficient (Wildman–Crippen LogP) is 3.58. The van der Waals surface area contributed by atoms with Gasteiger partial charge in [0.2, 0.25) is 0 Å². The standard InChI is InChI=1S/C14H21N/c1-4-6-9-12(3)13-10-7-8-11-14(13)15-5-2/h5,7-11,13-15H,2,4,6H2,1,3H3/b12-9+. The van der Waals surface area contributed by atoms with Crippen molar-refractivity contribution in [1.29, 1.82) is 0 Å². The quantitative estimate of drug-likeness (QED) is 0.673. The summed E-state index contributed by atoms with van der Waals surface area (Å²) in [7, 11) is 0. The summed E-state index contributed by atoms with van der Waals surface area (Å²) in [4.78, 5) is 0. The molecule has 0 radical (unpaired) electrons. The Bertz CT molecular complexity index is 284. The summed E-state index contributed by atoms with van der Waals surface area (Å²) in [5, 5.41) is 3.28. The van der Waals surface area contributed by atoms with Gasteiger partial charge < -0.3 is 5.32 Å². The smallest absolute Gasteiger partial charge is 0.0541 e. The molecule has 1 aliphatic carbocycles. The summed E-state index contributed by atoms with van der Waals surface area (Å²) < 4.78 is 0. The molecule has 0 aromatic heterocycles. The van der Waals surface area contributed by atoms with Gasteiger partial charge in [-0.25, -0.2) is 0 Å². The first-order valence-electron chi connectivity index (χ1n) is 5.68. The van der Waals surface area contributed by atoms with Crippen LogP contribution in [0.4, 0.5) is 0 Å². The molecule has 1 heteroatoms. The van der Waals surface area contributed by atoms with E-state index in [4.69, 9.17) is 0 Å². The maximum atomic E-state index is 3.72. The average Bonchev–Trinajstić information content (AvgIpc) is 2.27. The lowest BCUT2D eigenvalue weighted by Gasteiger charge is -2.25. The zero-order chi connectivity index (χ0) is 11.1. The van der Waals surface area contributed by atoms with E-state index in [1.165, 1.54) is 18.4 Å². The third-order valence-electron chi connectivity index (χ3n) is 2.73. The van der Waals surface area contributed by atoms with Gasteiger partial charge in [-0.05, 0) is 19.5 Å². The predicted molar refractivity (Wildman–Crippen MR) is 67.6 cm³/mol. The molecule has 0 aromatic rings. The SMILES string of the molecule is C=CNC1C=CC=CC1/C(C)=C/CCC. The van der Waals surface area contributed by atoms with Gasteiger partial charge in [-0.1, -0.05) is 55.9 Å². The average molecular weight is 203 g/mol. The Morgan fingerprint density at radius 1 is 1.40 bits per heavy atom. The van der Waals surface area contributed by atoms with E-state index in [1.807, 2.05) is 0 Å². The van der Waals surface area contributed by atoms with E-state index in [0.717, 1.165) is 0 Å². The molecule has 0 saturated heterocycles. The highest BCUT2D eigenvalue weighted by atomic mass is 14.9. The molecule has 0 amide bonds. The van der Waals surface area contributed by atoms with Gasteiger partial charge in [0.15, 0.2) is 0 Å². The number of hydrogen-bond donors (Lipinski definition) is 1. The Kier molecular flexibility index (Phi) is 4.96. The van der Waals surface area contributed by atoms with Crippen molar-refractivity contribution >= 4 is 0 Å². The fourth-order valence-corrected chi connectivity index (χ4v) is 1.85. The van der Waals surface area contributed by atoms with Crippen LogP contribution >= 0.6 is 0 Å². The third-order valence-corrected chi connectivity index (χ3v) is 2.73. The minimum absolute atomic E-state index is 0.362. The van der Waals surface area contributed by atoms with Gasteiger partial charge in [0.25, 0.3) is 0 Å². The molecule has 0 saturated carbocycles. The van der Waals surface area contributed by atoms with Crippen molar-refractivity contribution in [2.75, 3.05) is 0 Å². The number of rotatable bonds is 5. The Morgan fingerprint density at radius 3 is 2.80 bits per heavy atom. The lowest BCUT2D eigenvalue weighted by molar-refractivity contribution is 0.576. The van der Waals surface area contributed by atoms with Crippen molar-refractivity contribution in [3.05, 3.63) is 48.7 Å². The molecule has 1 nitrogen and oxygen atoms in total. The van der Waals surface area contributed by atoms with Crippen LogP contribution in [0.25, 0.3) is 0 Å². The summed E-state index contributed by atoms with van der Waals surface area (Å²) in [6, 6.07) is 0.362. The van der Waals surface area contributed by atoms with E-state index < -0.39 is 0 Å². The molecular formula is C14H21N. The molecule has 2 unspecified atom stereocenters. The van der Waals surface area contributed by atoms with Crippen molar-refractivity contribution in [3.8, 4) is 0 Å². The van der Waals surface area contributed by atoms with Gasteiger partial charge in [-0.15, -0.1) is 0 Å². The second kappa shape index (κ2) is 6.28. The Labute approximate surface area is 93.3 Å². The molecule has 0 bridgehead atoms. The summed E-state index contributed by atoms with van der Waals surface area (Å²) in [6.45, 7) is 8.14.